The first kappa shape index (κ1) is 21.7. The van der Waals surface area contributed by atoms with E-state index in [0.29, 0.717) is 0 Å². The first-order valence-electron chi connectivity index (χ1n) is 13.9. The van der Waals surface area contributed by atoms with E-state index in [0.717, 1.165) is 35.2 Å². The predicted molar refractivity (Wildman–Crippen MR) is 168 cm³/mol. The Hall–Kier alpha value is -5.22. The fourth-order valence-electron chi connectivity index (χ4n) is 7.07. The van der Waals surface area contributed by atoms with Crippen LogP contribution >= 0.6 is 0 Å². The number of nitrogen functional groups attached to an aromatic ring is 1. The Morgan fingerprint density at radius 3 is 2.00 bits per heavy atom. The van der Waals surface area contributed by atoms with Crippen molar-refractivity contribution >= 4 is 60.6 Å². The van der Waals surface area contributed by atoms with Crippen molar-refractivity contribution in [3.63, 3.8) is 0 Å². The zero-order chi connectivity index (χ0) is 26.4. The first-order chi connectivity index (χ1) is 19.8. The van der Waals surface area contributed by atoms with Crippen molar-refractivity contribution in [2.75, 3.05) is 5.84 Å². The molecule has 1 aliphatic carbocycles. The maximum Gasteiger partial charge on any atom is 0.0951 e. The van der Waals surface area contributed by atoms with E-state index in [1.165, 1.54) is 54.7 Å². The number of aromatic nitrogens is 3. The van der Waals surface area contributed by atoms with E-state index >= 15 is 0 Å². The summed E-state index contributed by atoms with van der Waals surface area (Å²) in [6, 6.07) is 39.1. The van der Waals surface area contributed by atoms with Gasteiger partial charge in [0.05, 0.1) is 27.6 Å². The van der Waals surface area contributed by atoms with E-state index in [1.54, 1.807) is 0 Å². The summed E-state index contributed by atoms with van der Waals surface area (Å²) < 4.78 is 6.74. The number of nitrogens with zero attached hydrogens (tertiary/aromatic N) is 3. The lowest BCUT2D eigenvalue weighted by Gasteiger charge is -2.12. The Kier molecular flexibility index (Phi) is 4.28. The van der Waals surface area contributed by atoms with Crippen LogP contribution in [0.15, 0.2) is 115 Å². The molecule has 40 heavy (non-hydrogen) atoms. The predicted octanol–water partition coefficient (Wildman–Crippen LogP) is 8.51. The van der Waals surface area contributed by atoms with Crippen molar-refractivity contribution in [3.05, 3.63) is 127 Å². The number of rotatable bonds is 2. The molecular weight excluding hydrogens is 488 g/mol. The molecule has 4 nitrogen and oxygen atoms in total. The second kappa shape index (κ2) is 7.90. The van der Waals surface area contributed by atoms with Gasteiger partial charge in [0, 0.05) is 44.0 Å². The van der Waals surface area contributed by atoms with Gasteiger partial charge in [-0.25, -0.2) is 0 Å². The normalized spacial score (nSPS) is 13.3. The van der Waals surface area contributed by atoms with Gasteiger partial charge in [-0.05, 0) is 60.9 Å². The molecule has 1 aliphatic rings. The minimum atomic E-state index is 1.03. The van der Waals surface area contributed by atoms with Gasteiger partial charge in [-0.3, -0.25) is 4.68 Å². The van der Waals surface area contributed by atoms with Gasteiger partial charge in [0.1, 0.15) is 0 Å². The van der Waals surface area contributed by atoms with E-state index in [-0.39, 0.29) is 0 Å². The third kappa shape index (κ3) is 2.70. The Morgan fingerprint density at radius 1 is 0.525 bits per heavy atom. The van der Waals surface area contributed by atoms with Crippen molar-refractivity contribution in [3.8, 4) is 11.4 Å². The molecule has 0 atom stereocenters. The fourth-order valence-corrected chi connectivity index (χ4v) is 7.07. The second-order valence-corrected chi connectivity index (χ2v) is 10.7. The van der Waals surface area contributed by atoms with Crippen LogP contribution in [-0.2, 0) is 6.42 Å². The maximum atomic E-state index is 7.10. The number of fused-ring (bicyclic) bond motifs is 11. The highest BCUT2D eigenvalue weighted by molar-refractivity contribution is 6.28. The Labute approximate surface area is 230 Å². The molecule has 0 aliphatic heterocycles. The zero-order valence-corrected chi connectivity index (χ0v) is 21.9. The number of para-hydroxylation sites is 3. The smallest absolute Gasteiger partial charge is 0.0951 e. The van der Waals surface area contributed by atoms with Crippen LogP contribution in [0.5, 0.6) is 0 Å². The molecule has 0 fully saturated rings. The fraction of sp³-hybridized carbons (Fsp3) is 0.0556. The van der Waals surface area contributed by atoms with Crippen molar-refractivity contribution in [2.24, 2.45) is 0 Å². The SMILES string of the molecule is Nn1c2ccc3c4ccccc4n(-c4ccccc4)c3c2c2ccc3c4c(n(-c5ccccc5)c3c21)C=CCC4. The zero-order valence-electron chi connectivity index (χ0n) is 21.9. The molecule has 190 valence electrons. The molecule has 0 spiro atoms. The van der Waals surface area contributed by atoms with E-state index in [4.69, 9.17) is 5.84 Å². The van der Waals surface area contributed by atoms with Crippen LogP contribution in [0.4, 0.5) is 0 Å². The Bertz CT molecular complexity index is 2310. The highest BCUT2D eigenvalue weighted by Gasteiger charge is 2.25. The summed E-state index contributed by atoms with van der Waals surface area (Å²) in [4.78, 5) is 0. The van der Waals surface area contributed by atoms with Gasteiger partial charge >= 0.3 is 0 Å². The summed E-state index contributed by atoms with van der Waals surface area (Å²) in [6.07, 6.45) is 6.66. The molecule has 3 heterocycles. The molecule has 5 aromatic carbocycles. The Balaban J connectivity index is 1.53. The minimum Gasteiger partial charge on any atom is -0.338 e. The number of allylic oxidation sites excluding steroid dienone is 1. The standard InChI is InChI=1S/C36H26N4/c37-40-32-22-21-27-25-15-7-9-17-30(25)38(23-11-3-1-4-12-23)34(27)33(32)29-20-19-28-26-16-8-10-18-31(26)39(35(28)36(29)40)24-13-5-2-6-14-24/h1-7,9-15,17-22H,8,16,37H2. The van der Waals surface area contributed by atoms with Crippen molar-refractivity contribution in [2.45, 2.75) is 12.8 Å². The molecule has 0 amide bonds. The quantitative estimate of drug-likeness (QED) is 0.231. The average molecular weight is 515 g/mol. The molecule has 2 N–H and O–H groups in total. The van der Waals surface area contributed by atoms with Crippen molar-refractivity contribution in [1.29, 1.82) is 0 Å². The lowest BCUT2D eigenvalue weighted by molar-refractivity contribution is 0.967. The summed E-state index contributed by atoms with van der Waals surface area (Å²) in [6.45, 7) is 0. The number of aryl methyl sites for hydroxylation is 1. The van der Waals surface area contributed by atoms with Crippen molar-refractivity contribution in [1.82, 2.24) is 13.8 Å². The highest BCUT2D eigenvalue weighted by Crippen LogP contribution is 2.44. The van der Waals surface area contributed by atoms with Gasteiger partial charge in [0.2, 0.25) is 0 Å². The second-order valence-electron chi connectivity index (χ2n) is 10.7. The summed E-state index contributed by atoms with van der Waals surface area (Å²) in [5.74, 6) is 7.10. The van der Waals surface area contributed by atoms with Crippen LogP contribution in [0, 0.1) is 0 Å². The van der Waals surface area contributed by atoms with Crippen LogP contribution < -0.4 is 5.84 Å². The van der Waals surface area contributed by atoms with Crippen molar-refractivity contribution < 1.29 is 0 Å². The lowest BCUT2D eigenvalue weighted by atomic mass is 10.00. The number of hydrogen-bond acceptors (Lipinski definition) is 1. The third-order valence-electron chi connectivity index (χ3n) is 8.70. The largest absolute Gasteiger partial charge is 0.338 e. The molecule has 8 aromatic rings. The lowest BCUT2D eigenvalue weighted by Crippen LogP contribution is -2.08. The van der Waals surface area contributed by atoms with Crippen LogP contribution in [0.25, 0.3) is 72.0 Å². The monoisotopic (exact) mass is 514 g/mol. The third-order valence-corrected chi connectivity index (χ3v) is 8.70. The number of nitrogens with two attached hydrogens (primary N) is 1. The average Bonchev–Trinajstić information content (AvgIpc) is 3.63. The van der Waals surface area contributed by atoms with E-state index < -0.39 is 0 Å². The topological polar surface area (TPSA) is 40.8 Å². The molecule has 9 rings (SSSR count). The van der Waals surface area contributed by atoms with E-state index in [9.17, 15) is 0 Å². The first-order valence-corrected chi connectivity index (χ1v) is 13.9. The molecular formula is C36H26N4. The summed E-state index contributed by atoms with van der Waals surface area (Å²) in [5.41, 5.74) is 10.6. The number of hydrogen-bond donors (Lipinski definition) is 1. The van der Waals surface area contributed by atoms with E-state index in [2.05, 4.69) is 130 Å². The van der Waals surface area contributed by atoms with E-state index in [1.807, 2.05) is 4.68 Å². The van der Waals surface area contributed by atoms with Crippen LogP contribution in [0.2, 0.25) is 0 Å². The molecule has 0 radical (unpaired) electrons. The van der Waals surface area contributed by atoms with Gasteiger partial charge in [-0.1, -0.05) is 78.9 Å². The van der Waals surface area contributed by atoms with Gasteiger partial charge in [-0.15, -0.1) is 0 Å². The molecule has 4 heteroatoms. The summed E-state index contributed by atoms with van der Waals surface area (Å²) in [7, 11) is 0. The van der Waals surface area contributed by atoms with Crippen LogP contribution in [-0.4, -0.2) is 13.8 Å². The molecule has 0 saturated heterocycles. The maximum absolute atomic E-state index is 7.10. The molecule has 0 saturated carbocycles. The van der Waals surface area contributed by atoms with Crippen LogP contribution in [0.1, 0.15) is 17.7 Å². The molecule has 0 unspecified atom stereocenters. The van der Waals surface area contributed by atoms with Gasteiger partial charge in [0.15, 0.2) is 0 Å². The van der Waals surface area contributed by atoms with Gasteiger partial charge in [-0.2, -0.15) is 0 Å². The molecule has 3 aromatic heterocycles. The molecule has 0 bridgehead atoms. The van der Waals surface area contributed by atoms with Gasteiger partial charge in [0.25, 0.3) is 0 Å². The Morgan fingerprint density at radius 2 is 1.20 bits per heavy atom. The van der Waals surface area contributed by atoms with Crippen LogP contribution in [0.3, 0.4) is 0 Å². The highest BCUT2D eigenvalue weighted by atomic mass is 15.3. The minimum absolute atomic E-state index is 1.03. The summed E-state index contributed by atoms with van der Waals surface area (Å²) >= 11 is 0. The summed E-state index contributed by atoms with van der Waals surface area (Å²) in [5, 5.41) is 6.12. The van der Waals surface area contributed by atoms with Gasteiger partial charge < -0.3 is 15.0 Å². The number of benzene rings is 5.